The minimum atomic E-state index is -3.10. The van der Waals surface area contributed by atoms with Gasteiger partial charge in [-0.1, -0.05) is 243 Å². The summed E-state index contributed by atoms with van der Waals surface area (Å²) in [6.45, 7) is 0. The lowest BCUT2D eigenvalue weighted by atomic mass is 9.87. The Balaban J connectivity index is 1.10. The summed E-state index contributed by atoms with van der Waals surface area (Å²) in [6, 6.07) is 81.4. The maximum atomic E-state index is 15.1. The molecule has 4 heteroatoms. The lowest BCUT2D eigenvalue weighted by Crippen LogP contribution is -2.24. The highest BCUT2D eigenvalue weighted by Crippen LogP contribution is 2.46. The number of hydrogen-bond donors (Lipinski definition) is 0. The van der Waals surface area contributed by atoms with Crippen molar-refractivity contribution < 1.29 is 9.13 Å². The summed E-state index contributed by atoms with van der Waals surface area (Å²) >= 11 is 0. The summed E-state index contributed by atoms with van der Waals surface area (Å²) in [5, 5.41) is 4.87. The van der Waals surface area contributed by atoms with E-state index in [2.05, 4.69) is 97.1 Å². The number of benzene rings is 9. The molecule has 0 unspecified atom stereocenters. The minimum absolute atomic E-state index is 0.801. The molecule has 0 N–H and O–H groups in total. The van der Waals surface area contributed by atoms with E-state index in [1.54, 1.807) is 0 Å². The molecule has 0 saturated carbocycles. The minimum Gasteiger partial charge on any atom is -0.309 e. The molecule has 0 aliphatic carbocycles. The van der Waals surface area contributed by atoms with Crippen molar-refractivity contribution in [2.24, 2.45) is 0 Å². The average Bonchev–Trinajstić information content (AvgIpc) is 3.32. The van der Waals surface area contributed by atoms with Crippen LogP contribution in [-0.2, 0) is 9.13 Å². The van der Waals surface area contributed by atoms with Crippen LogP contribution in [0.4, 0.5) is 0 Å². The first kappa shape index (κ1) is 37.0. The van der Waals surface area contributed by atoms with Crippen LogP contribution >= 0.6 is 14.3 Å². The van der Waals surface area contributed by atoms with Crippen molar-refractivity contribution in [3.8, 4) is 44.5 Å². The highest BCUT2D eigenvalue weighted by atomic mass is 31.2. The topological polar surface area (TPSA) is 34.1 Å². The van der Waals surface area contributed by atoms with Gasteiger partial charge in [0.1, 0.15) is 0 Å². The van der Waals surface area contributed by atoms with Gasteiger partial charge in [0.2, 0.25) is 0 Å². The van der Waals surface area contributed by atoms with Crippen LogP contribution in [0.3, 0.4) is 0 Å². The van der Waals surface area contributed by atoms with Gasteiger partial charge < -0.3 is 9.13 Å². The zero-order valence-electron chi connectivity index (χ0n) is 31.8. The third-order valence-corrected chi connectivity index (χ3v) is 17.1. The fraction of sp³-hybridized carbons (Fsp3) is 0. The molecule has 0 aromatic heterocycles. The van der Waals surface area contributed by atoms with E-state index in [4.69, 9.17) is 0 Å². The quantitative estimate of drug-likeness (QED) is 0.130. The number of hydrogen-bond acceptors (Lipinski definition) is 2. The van der Waals surface area contributed by atoms with Crippen molar-refractivity contribution in [1.29, 1.82) is 0 Å². The average molecular weight is 783 g/mol. The van der Waals surface area contributed by atoms with Gasteiger partial charge >= 0.3 is 0 Å². The van der Waals surface area contributed by atoms with E-state index in [0.717, 1.165) is 76.3 Å². The van der Waals surface area contributed by atoms with Crippen molar-refractivity contribution in [1.82, 2.24) is 0 Å². The van der Waals surface area contributed by atoms with Gasteiger partial charge in [-0.2, -0.15) is 0 Å². The fourth-order valence-corrected chi connectivity index (χ4v) is 13.3. The van der Waals surface area contributed by atoms with Gasteiger partial charge in [0.15, 0.2) is 14.3 Å². The molecule has 58 heavy (non-hydrogen) atoms. The normalized spacial score (nSPS) is 11.6. The van der Waals surface area contributed by atoms with Crippen molar-refractivity contribution in [3.05, 3.63) is 243 Å². The summed E-state index contributed by atoms with van der Waals surface area (Å²) in [6.07, 6.45) is 0. The van der Waals surface area contributed by atoms with Crippen LogP contribution in [0, 0.1) is 0 Å². The largest absolute Gasteiger partial charge is 0.309 e. The highest BCUT2D eigenvalue weighted by molar-refractivity contribution is 7.85. The van der Waals surface area contributed by atoms with Gasteiger partial charge in [-0.25, -0.2) is 0 Å². The Morgan fingerprint density at radius 3 is 0.638 bits per heavy atom. The maximum Gasteiger partial charge on any atom is 0.171 e. The Kier molecular flexibility index (Phi) is 10.3. The van der Waals surface area contributed by atoms with Crippen molar-refractivity contribution in [2.45, 2.75) is 0 Å². The SMILES string of the molecule is O=P(c1ccccc1)(c1ccccc1)c1ccc(-c2ccccc2-c2ccccc2-c2ccccc2-c2ccc(P(=O)(c3ccccc3)c3ccccc3)cc2)cc1. The molecule has 0 aliphatic heterocycles. The van der Waals surface area contributed by atoms with Gasteiger partial charge in [-0.05, 0) is 44.5 Å². The van der Waals surface area contributed by atoms with Crippen LogP contribution in [0.25, 0.3) is 44.5 Å². The predicted octanol–water partition coefficient (Wildman–Crippen LogP) is 11.6. The second-order valence-electron chi connectivity index (χ2n) is 14.3. The Hall–Kier alpha value is -6.56. The molecule has 9 rings (SSSR count). The van der Waals surface area contributed by atoms with Crippen LogP contribution in [0.1, 0.15) is 0 Å². The number of rotatable bonds is 10. The van der Waals surface area contributed by atoms with Crippen LogP contribution in [0.5, 0.6) is 0 Å². The van der Waals surface area contributed by atoms with Gasteiger partial charge in [0, 0.05) is 31.8 Å². The van der Waals surface area contributed by atoms with Gasteiger partial charge in [0.05, 0.1) is 0 Å². The summed E-state index contributed by atoms with van der Waals surface area (Å²) in [4.78, 5) is 0. The molecular weight excluding hydrogens is 743 g/mol. The summed E-state index contributed by atoms with van der Waals surface area (Å²) in [7, 11) is -6.20. The lowest BCUT2D eigenvalue weighted by Gasteiger charge is -2.21. The molecule has 0 atom stereocenters. The molecule has 0 saturated heterocycles. The second-order valence-corrected chi connectivity index (χ2v) is 19.8. The standard InChI is InChI=1S/C54H40O2P2/c55-57(43-19-5-1-6-20-43,44-21-7-2-8-22-44)47-37-33-41(34-38-47)49-27-13-15-29-51(49)53-31-17-18-32-54(53)52-30-16-14-28-50(52)42-35-39-48(40-36-42)58(56,45-23-9-3-10-24-45)46-25-11-4-12-26-46/h1-40H. The van der Waals surface area contributed by atoms with E-state index < -0.39 is 14.3 Å². The molecule has 0 spiro atoms. The van der Waals surface area contributed by atoms with Crippen molar-refractivity contribution in [3.63, 3.8) is 0 Å². The molecule has 9 aromatic carbocycles. The van der Waals surface area contributed by atoms with Gasteiger partial charge in [-0.3, -0.25) is 0 Å². The molecule has 0 amide bonds. The lowest BCUT2D eigenvalue weighted by molar-refractivity contribution is 0.591. The van der Waals surface area contributed by atoms with Gasteiger partial charge in [-0.15, -0.1) is 0 Å². The predicted molar refractivity (Wildman–Crippen MR) is 247 cm³/mol. The van der Waals surface area contributed by atoms with E-state index in [1.807, 2.05) is 146 Å². The fourth-order valence-electron chi connectivity index (χ4n) is 8.04. The van der Waals surface area contributed by atoms with E-state index in [9.17, 15) is 0 Å². The van der Waals surface area contributed by atoms with Crippen molar-refractivity contribution >= 4 is 46.1 Å². The maximum absolute atomic E-state index is 15.1. The Morgan fingerprint density at radius 1 is 0.190 bits per heavy atom. The zero-order chi connectivity index (χ0) is 39.4. The van der Waals surface area contributed by atoms with Crippen molar-refractivity contribution in [2.75, 3.05) is 0 Å². The van der Waals surface area contributed by atoms with Crippen LogP contribution in [0.2, 0.25) is 0 Å². The molecule has 9 aromatic rings. The van der Waals surface area contributed by atoms with E-state index in [1.165, 1.54) is 0 Å². The van der Waals surface area contributed by atoms with Crippen LogP contribution < -0.4 is 31.8 Å². The molecule has 0 aliphatic rings. The smallest absolute Gasteiger partial charge is 0.171 e. The van der Waals surface area contributed by atoms with Crippen LogP contribution in [0.15, 0.2) is 243 Å². The third kappa shape index (κ3) is 6.82. The first-order valence-corrected chi connectivity index (χ1v) is 22.9. The Bertz CT molecular complexity index is 2620. The zero-order valence-corrected chi connectivity index (χ0v) is 33.6. The summed E-state index contributed by atoms with van der Waals surface area (Å²) in [5.41, 5.74) is 8.73. The monoisotopic (exact) mass is 782 g/mol. The van der Waals surface area contributed by atoms with E-state index in [-0.39, 0.29) is 0 Å². The molecule has 0 bridgehead atoms. The first-order chi connectivity index (χ1) is 28.5. The van der Waals surface area contributed by atoms with E-state index >= 15 is 9.13 Å². The third-order valence-electron chi connectivity index (χ3n) is 10.9. The Labute approximate surface area is 340 Å². The molecule has 0 heterocycles. The molecule has 2 nitrogen and oxygen atoms in total. The molecule has 0 fully saturated rings. The Morgan fingerprint density at radius 2 is 0.379 bits per heavy atom. The van der Waals surface area contributed by atoms with Crippen LogP contribution in [-0.4, -0.2) is 0 Å². The van der Waals surface area contributed by atoms with E-state index in [0.29, 0.717) is 0 Å². The highest BCUT2D eigenvalue weighted by Gasteiger charge is 2.31. The first-order valence-electron chi connectivity index (χ1n) is 19.5. The summed E-state index contributed by atoms with van der Waals surface area (Å²) in [5.74, 6) is 0. The van der Waals surface area contributed by atoms with Gasteiger partial charge in [0.25, 0.3) is 0 Å². The second kappa shape index (κ2) is 16.1. The molecular formula is C54H40O2P2. The molecule has 278 valence electrons. The summed E-state index contributed by atoms with van der Waals surface area (Å²) < 4.78 is 30.2. The molecule has 0 radical (unpaired) electrons.